The molecule has 0 saturated heterocycles. The van der Waals surface area contributed by atoms with Crippen molar-refractivity contribution in [2.75, 3.05) is 13.2 Å². The molecule has 0 radical (unpaired) electrons. The molecule has 0 spiro atoms. The van der Waals surface area contributed by atoms with Crippen molar-refractivity contribution < 1.29 is 19.1 Å². The lowest BCUT2D eigenvalue weighted by Gasteiger charge is -2.10. The first-order valence-electron chi connectivity index (χ1n) is 5.46. The van der Waals surface area contributed by atoms with Gasteiger partial charge in [-0.2, -0.15) is 0 Å². The minimum absolute atomic E-state index is 0.292. The number of hydrogen-bond donors (Lipinski definition) is 1. The number of benzene rings is 1. The number of carbonyl (C=O) groups is 2. The molecule has 1 heterocycles. The Morgan fingerprint density at radius 2 is 1.76 bits per heavy atom. The zero-order valence-corrected chi connectivity index (χ0v) is 9.70. The summed E-state index contributed by atoms with van der Waals surface area (Å²) in [5.74, 6) is 0.0837. The molecule has 1 aromatic carbocycles. The van der Waals surface area contributed by atoms with Crippen molar-refractivity contribution in [1.29, 1.82) is 0 Å². The van der Waals surface area contributed by atoms with Crippen molar-refractivity contribution in [3.63, 3.8) is 0 Å². The number of nitrogens with one attached hydrogen (secondary N) is 1. The van der Waals surface area contributed by atoms with Gasteiger partial charge in [0, 0.05) is 6.07 Å². The van der Waals surface area contributed by atoms with Crippen LogP contribution in [0, 0.1) is 0 Å². The zero-order valence-electron chi connectivity index (χ0n) is 9.70. The van der Waals surface area contributed by atoms with Gasteiger partial charge in [0.05, 0.1) is 24.3 Å². The van der Waals surface area contributed by atoms with Gasteiger partial charge in [0.25, 0.3) is 11.8 Å². The van der Waals surface area contributed by atoms with E-state index in [9.17, 15) is 9.59 Å². The highest BCUT2D eigenvalue weighted by atomic mass is 16.5. The first-order valence-corrected chi connectivity index (χ1v) is 5.46. The number of fused-ring (bicyclic) bond motifs is 1. The van der Waals surface area contributed by atoms with Crippen molar-refractivity contribution in [1.82, 2.24) is 5.32 Å². The number of hydrogen-bond acceptors (Lipinski definition) is 4. The number of carbonyl (C=O) groups excluding carboxylic acids is 2. The molecule has 5 nitrogen and oxygen atoms in total. The van der Waals surface area contributed by atoms with E-state index in [4.69, 9.17) is 9.47 Å². The van der Waals surface area contributed by atoms with E-state index in [-0.39, 0.29) is 0 Å². The van der Waals surface area contributed by atoms with E-state index < -0.39 is 11.8 Å². The lowest BCUT2D eigenvalue weighted by Crippen LogP contribution is -2.20. The molecule has 0 aromatic heterocycles. The van der Waals surface area contributed by atoms with E-state index in [1.165, 1.54) is 0 Å². The molecule has 17 heavy (non-hydrogen) atoms. The van der Waals surface area contributed by atoms with Gasteiger partial charge in [-0.3, -0.25) is 14.9 Å². The number of imide groups is 1. The van der Waals surface area contributed by atoms with E-state index >= 15 is 0 Å². The van der Waals surface area contributed by atoms with Gasteiger partial charge in [0.15, 0.2) is 0 Å². The first-order chi connectivity index (χ1) is 8.17. The lowest BCUT2D eigenvalue weighted by molar-refractivity contribution is 0.0878. The first kappa shape index (κ1) is 11.4. The van der Waals surface area contributed by atoms with E-state index in [2.05, 4.69) is 5.32 Å². The summed E-state index contributed by atoms with van der Waals surface area (Å²) in [5, 5.41) is 2.24. The van der Waals surface area contributed by atoms with Gasteiger partial charge in [-0.05, 0) is 19.9 Å². The molecule has 1 aliphatic rings. The van der Waals surface area contributed by atoms with E-state index in [1.807, 2.05) is 13.8 Å². The van der Waals surface area contributed by atoms with Crippen LogP contribution >= 0.6 is 0 Å². The van der Waals surface area contributed by atoms with Crippen molar-refractivity contribution in [3.8, 4) is 11.5 Å². The maximum absolute atomic E-state index is 11.6. The van der Waals surface area contributed by atoms with Crippen LogP contribution in [0.15, 0.2) is 12.1 Å². The highest BCUT2D eigenvalue weighted by molar-refractivity contribution is 6.22. The van der Waals surface area contributed by atoms with Crippen molar-refractivity contribution >= 4 is 11.8 Å². The molecular formula is C12H13NO4. The van der Waals surface area contributed by atoms with Crippen LogP contribution in [-0.2, 0) is 0 Å². The number of ether oxygens (including phenoxy) is 2. The van der Waals surface area contributed by atoms with Gasteiger partial charge in [-0.1, -0.05) is 0 Å². The van der Waals surface area contributed by atoms with Crippen LogP contribution in [0.2, 0.25) is 0 Å². The highest BCUT2D eigenvalue weighted by Gasteiger charge is 2.31. The Kier molecular flexibility index (Phi) is 2.99. The predicted octanol–water partition coefficient (Wildman–Crippen LogP) is 1.37. The van der Waals surface area contributed by atoms with Crippen LogP contribution in [-0.4, -0.2) is 25.0 Å². The Balaban J connectivity index is 2.53. The predicted molar refractivity (Wildman–Crippen MR) is 60.6 cm³/mol. The molecule has 1 aromatic rings. The Morgan fingerprint density at radius 1 is 1.06 bits per heavy atom. The third kappa shape index (κ3) is 1.95. The molecule has 0 saturated carbocycles. The fourth-order valence-corrected chi connectivity index (χ4v) is 1.76. The van der Waals surface area contributed by atoms with Crippen LogP contribution in [0.1, 0.15) is 34.6 Å². The zero-order chi connectivity index (χ0) is 12.4. The molecule has 0 fully saturated rings. The second-order valence-corrected chi connectivity index (χ2v) is 3.49. The van der Waals surface area contributed by atoms with Crippen LogP contribution < -0.4 is 14.8 Å². The summed E-state index contributed by atoms with van der Waals surface area (Å²) in [6, 6.07) is 3.19. The molecule has 90 valence electrons. The van der Waals surface area contributed by atoms with Crippen LogP contribution in [0.5, 0.6) is 11.5 Å². The van der Waals surface area contributed by atoms with Crippen molar-refractivity contribution in [3.05, 3.63) is 23.3 Å². The van der Waals surface area contributed by atoms with Crippen LogP contribution in [0.3, 0.4) is 0 Å². The largest absolute Gasteiger partial charge is 0.494 e. The van der Waals surface area contributed by atoms with Gasteiger partial charge in [-0.25, -0.2) is 0 Å². The summed E-state index contributed by atoms with van der Waals surface area (Å²) in [7, 11) is 0. The maximum atomic E-state index is 11.6. The van der Waals surface area contributed by atoms with Gasteiger partial charge < -0.3 is 9.47 Å². The Labute approximate surface area is 98.7 Å². The third-order valence-corrected chi connectivity index (χ3v) is 2.39. The second-order valence-electron chi connectivity index (χ2n) is 3.49. The minimum Gasteiger partial charge on any atom is -0.494 e. The molecule has 1 aliphatic heterocycles. The molecule has 0 unspecified atom stereocenters. The van der Waals surface area contributed by atoms with Gasteiger partial charge in [0.1, 0.15) is 11.5 Å². The second kappa shape index (κ2) is 4.45. The molecule has 1 N–H and O–H groups in total. The topological polar surface area (TPSA) is 64.6 Å². The van der Waals surface area contributed by atoms with Gasteiger partial charge in [-0.15, -0.1) is 0 Å². The summed E-state index contributed by atoms with van der Waals surface area (Å²) in [5.41, 5.74) is 0.602. The number of rotatable bonds is 4. The van der Waals surface area contributed by atoms with Crippen LogP contribution in [0.4, 0.5) is 0 Å². The summed E-state index contributed by atoms with van der Waals surface area (Å²) in [4.78, 5) is 23.1. The summed E-state index contributed by atoms with van der Waals surface area (Å²) >= 11 is 0. The van der Waals surface area contributed by atoms with Gasteiger partial charge >= 0.3 is 0 Å². The monoisotopic (exact) mass is 235 g/mol. The van der Waals surface area contributed by atoms with E-state index in [1.54, 1.807) is 12.1 Å². The molecule has 5 heteroatoms. The fourth-order valence-electron chi connectivity index (χ4n) is 1.76. The summed E-state index contributed by atoms with van der Waals surface area (Å²) in [6.07, 6.45) is 0. The van der Waals surface area contributed by atoms with Crippen molar-refractivity contribution in [2.45, 2.75) is 13.8 Å². The van der Waals surface area contributed by atoms with E-state index in [0.29, 0.717) is 35.8 Å². The quantitative estimate of drug-likeness (QED) is 0.800. The number of amides is 2. The standard InChI is InChI=1S/C12H13NO4/c1-3-16-7-5-8-10(9(6-7)17-4-2)12(15)13-11(8)14/h5-6H,3-4H2,1-2H3,(H,13,14,15). The maximum Gasteiger partial charge on any atom is 0.262 e. The Morgan fingerprint density at radius 3 is 2.41 bits per heavy atom. The minimum atomic E-state index is -0.420. The molecule has 0 bridgehead atoms. The molecular weight excluding hydrogens is 222 g/mol. The Bertz CT molecular complexity index is 482. The smallest absolute Gasteiger partial charge is 0.262 e. The summed E-state index contributed by atoms with van der Waals surface area (Å²) in [6.45, 7) is 4.57. The highest BCUT2D eigenvalue weighted by Crippen LogP contribution is 2.31. The normalized spacial score (nSPS) is 13.3. The fraction of sp³-hybridized carbons (Fsp3) is 0.333. The molecule has 2 rings (SSSR count). The van der Waals surface area contributed by atoms with Crippen molar-refractivity contribution in [2.24, 2.45) is 0 Å². The molecule has 2 amide bonds. The third-order valence-electron chi connectivity index (χ3n) is 2.39. The van der Waals surface area contributed by atoms with E-state index in [0.717, 1.165) is 0 Å². The van der Waals surface area contributed by atoms with Gasteiger partial charge in [0.2, 0.25) is 0 Å². The van der Waals surface area contributed by atoms with Crippen LogP contribution in [0.25, 0.3) is 0 Å². The lowest BCUT2D eigenvalue weighted by atomic mass is 10.1. The molecule has 0 atom stereocenters. The molecule has 0 aliphatic carbocycles. The Hall–Kier alpha value is -2.04. The SMILES string of the molecule is CCOc1cc(OCC)c2c(c1)C(=O)NC2=O. The average molecular weight is 235 g/mol. The average Bonchev–Trinajstić information content (AvgIpc) is 2.56. The summed E-state index contributed by atoms with van der Waals surface area (Å²) < 4.78 is 10.7.